The van der Waals surface area contributed by atoms with E-state index in [2.05, 4.69) is 16.9 Å². The van der Waals surface area contributed by atoms with Crippen molar-refractivity contribution in [3.05, 3.63) is 18.1 Å². The molecule has 0 amide bonds. The van der Waals surface area contributed by atoms with Gasteiger partial charge in [-0.2, -0.15) is 0 Å². The van der Waals surface area contributed by atoms with Crippen LogP contribution in [0.4, 0.5) is 0 Å². The third-order valence-electron chi connectivity index (χ3n) is 2.63. The number of carbonyl (C=O) groups excluding carboxylic acids is 1. The molecule has 1 heterocycles. The lowest BCUT2D eigenvalue weighted by Crippen LogP contribution is -2.06. The summed E-state index contributed by atoms with van der Waals surface area (Å²) < 4.78 is 5.02. The number of rotatable bonds is 8. The zero-order valence-corrected chi connectivity index (χ0v) is 10.6. The Morgan fingerprint density at radius 2 is 1.88 bits per heavy atom. The molecule has 0 saturated carbocycles. The summed E-state index contributed by atoms with van der Waals surface area (Å²) in [6.07, 6.45) is 9.24. The second-order valence-electron chi connectivity index (χ2n) is 4.00. The van der Waals surface area contributed by atoms with Crippen LogP contribution < -0.4 is 4.74 Å². The molecular formula is C13H20N2O2. The van der Waals surface area contributed by atoms with Crippen molar-refractivity contribution in [2.24, 2.45) is 0 Å². The first-order chi connectivity index (χ1) is 8.29. The smallest absolute Gasteiger partial charge is 0.243 e. The summed E-state index contributed by atoms with van der Waals surface area (Å²) in [6, 6.07) is 0. The van der Waals surface area contributed by atoms with E-state index in [0.29, 0.717) is 18.0 Å². The van der Waals surface area contributed by atoms with E-state index in [9.17, 15) is 4.79 Å². The average Bonchev–Trinajstić information content (AvgIpc) is 2.38. The molecule has 17 heavy (non-hydrogen) atoms. The topological polar surface area (TPSA) is 52.1 Å². The van der Waals surface area contributed by atoms with Crippen LogP contribution in [0.3, 0.4) is 0 Å². The minimum atomic E-state index is 0.0199. The fourth-order valence-corrected chi connectivity index (χ4v) is 1.67. The van der Waals surface area contributed by atoms with Crippen molar-refractivity contribution in [1.82, 2.24) is 9.97 Å². The number of hydrogen-bond donors (Lipinski definition) is 0. The Bertz CT molecular complexity index is 353. The Hall–Kier alpha value is -1.45. The number of nitrogens with zero attached hydrogens (tertiary/aromatic N) is 2. The van der Waals surface area contributed by atoms with Gasteiger partial charge in [-0.25, -0.2) is 9.97 Å². The molecule has 0 aliphatic carbocycles. The van der Waals surface area contributed by atoms with Gasteiger partial charge in [0.05, 0.1) is 7.11 Å². The number of aromatic nitrogens is 2. The number of unbranched alkanes of at least 4 members (excludes halogenated alkanes) is 4. The molecule has 0 N–H and O–H groups in total. The van der Waals surface area contributed by atoms with Gasteiger partial charge >= 0.3 is 0 Å². The van der Waals surface area contributed by atoms with E-state index >= 15 is 0 Å². The van der Waals surface area contributed by atoms with Crippen LogP contribution in [-0.4, -0.2) is 22.9 Å². The lowest BCUT2D eigenvalue weighted by Gasteiger charge is -2.04. The van der Waals surface area contributed by atoms with Crippen LogP contribution in [0.2, 0.25) is 0 Å². The lowest BCUT2D eigenvalue weighted by atomic mass is 10.1. The summed E-state index contributed by atoms with van der Waals surface area (Å²) in [5.74, 6) is 0.345. The van der Waals surface area contributed by atoms with Gasteiger partial charge in [-0.1, -0.05) is 32.6 Å². The van der Waals surface area contributed by atoms with E-state index in [4.69, 9.17) is 4.74 Å². The molecule has 0 aromatic carbocycles. The van der Waals surface area contributed by atoms with E-state index in [-0.39, 0.29) is 5.78 Å². The summed E-state index contributed by atoms with van der Waals surface area (Å²) in [7, 11) is 1.50. The van der Waals surface area contributed by atoms with Crippen molar-refractivity contribution in [2.45, 2.75) is 45.4 Å². The predicted octanol–water partition coefficient (Wildman–Crippen LogP) is 3.03. The largest absolute Gasteiger partial charge is 0.479 e. The zero-order valence-electron chi connectivity index (χ0n) is 10.6. The molecule has 0 spiro atoms. The van der Waals surface area contributed by atoms with E-state index < -0.39 is 0 Å². The molecule has 0 atom stereocenters. The highest BCUT2D eigenvalue weighted by Crippen LogP contribution is 2.15. The maximum absolute atomic E-state index is 11.9. The van der Waals surface area contributed by atoms with E-state index in [1.54, 1.807) is 0 Å². The monoisotopic (exact) mass is 236 g/mol. The van der Waals surface area contributed by atoms with Gasteiger partial charge in [-0.15, -0.1) is 0 Å². The number of Topliss-reactive ketones (excluding diaryl/α,β-unsaturated/α-hetero) is 1. The molecule has 0 unspecified atom stereocenters. The van der Waals surface area contributed by atoms with Crippen molar-refractivity contribution in [2.75, 3.05) is 7.11 Å². The van der Waals surface area contributed by atoms with Gasteiger partial charge in [0.1, 0.15) is 0 Å². The Balaban J connectivity index is 2.41. The van der Waals surface area contributed by atoms with Crippen LogP contribution in [-0.2, 0) is 0 Å². The first kappa shape index (κ1) is 13.6. The highest BCUT2D eigenvalue weighted by Gasteiger charge is 2.13. The molecule has 0 saturated heterocycles. The lowest BCUT2D eigenvalue weighted by molar-refractivity contribution is 0.0970. The summed E-state index contributed by atoms with van der Waals surface area (Å²) in [5, 5.41) is 0. The van der Waals surface area contributed by atoms with E-state index in [1.807, 2.05) is 0 Å². The summed E-state index contributed by atoms with van der Waals surface area (Å²) in [5.41, 5.74) is 0.352. The zero-order chi connectivity index (χ0) is 12.5. The molecule has 0 aliphatic heterocycles. The molecule has 4 heteroatoms. The predicted molar refractivity (Wildman–Crippen MR) is 66.3 cm³/mol. The number of carbonyl (C=O) groups is 1. The van der Waals surface area contributed by atoms with Crippen molar-refractivity contribution in [3.8, 4) is 5.88 Å². The van der Waals surface area contributed by atoms with Gasteiger partial charge in [0, 0.05) is 18.8 Å². The molecule has 0 aliphatic rings. The standard InChI is InChI=1S/C13H20N2O2/c1-3-4-5-6-7-8-11(16)12-13(17-2)15-10-9-14-12/h9-10H,3-8H2,1-2H3. The first-order valence-corrected chi connectivity index (χ1v) is 6.17. The van der Waals surface area contributed by atoms with Gasteiger partial charge in [0.25, 0.3) is 0 Å². The van der Waals surface area contributed by atoms with Crippen molar-refractivity contribution < 1.29 is 9.53 Å². The van der Waals surface area contributed by atoms with Crippen molar-refractivity contribution in [1.29, 1.82) is 0 Å². The Morgan fingerprint density at radius 3 is 2.59 bits per heavy atom. The Kier molecular flexibility index (Phi) is 6.22. The van der Waals surface area contributed by atoms with Gasteiger partial charge in [-0.05, 0) is 6.42 Å². The highest BCUT2D eigenvalue weighted by atomic mass is 16.5. The van der Waals surface area contributed by atoms with Crippen LogP contribution >= 0.6 is 0 Å². The SMILES string of the molecule is CCCCCCCC(=O)c1nccnc1OC. The molecule has 0 radical (unpaired) electrons. The Labute approximate surface area is 102 Å². The molecule has 1 rings (SSSR count). The molecule has 1 aromatic heterocycles. The number of ether oxygens (including phenoxy) is 1. The fraction of sp³-hybridized carbons (Fsp3) is 0.615. The van der Waals surface area contributed by atoms with E-state index in [1.165, 1.54) is 38.8 Å². The van der Waals surface area contributed by atoms with Crippen LogP contribution in [0, 0.1) is 0 Å². The fourth-order valence-electron chi connectivity index (χ4n) is 1.67. The second-order valence-corrected chi connectivity index (χ2v) is 4.00. The quantitative estimate of drug-likeness (QED) is 0.514. The molecular weight excluding hydrogens is 216 g/mol. The average molecular weight is 236 g/mol. The highest BCUT2D eigenvalue weighted by molar-refractivity contribution is 5.96. The maximum atomic E-state index is 11.9. The number of ketones is 1. The van der Waals surface area contributed by atoms with Gasteiger partial charge < -0.3 is 4.74 Å². The third-order valence-corrected chi connectivity index (χ3v) is 2.63. The minimum absolute atomic E-state index is 0.0199. The van der Waals surface area contributed by atoms with E-state index in [0.717, 1.165) is 12.8 Å². The molecule has 1 aromatic rings. The molecule has 0 bridgehead atoms. The third kappa shape index (κ3) is 4.51. The summed E-state index contributed by atoms with van der Waals surface area (Å²) >= 11 is 0. The van der Waals surface area contributed by atoms with Crippen LogP contribution in [0.25, 0.3) is 0 Å². The molecule has 4 nitrogen and oxygen atoms in total. The van der Waals surface area contributed by atoms with Gasteiger partial charge in [0.15, 0.2) is 11.5 Å². The van der Waals surface area contributed by atoms with Crippen LogP contribution in [0.5, 0.6) is 5.88 Å². The summed E-state index contributed by atoms with van der Waals surface area (Å²) in [6.45, 7) is 2.18. The molecule has 94 valence electrons. The second kappa shape index (κ2) is 7.76. The van der Waals surface area contributed by atoms with Crippen molar-refractivity contribution >= 4 is 5.78 Å². The number of hydrogen-bond acceptors (Lipinski definition) is 4. The van der Waals surface area contributed by atoms with Crippen LogP contribution in [0.15, 0.2) is 12.4 Å². The van der Waals surface area contributed by atoms with Gasteiger partial charge in [-0.3, -0.25) is 4.79 Å². The normalized spacial score (nSPS) is 10.2. The van der Waals surface area contributed by atoms with Crippen LogP contribution in [0.1, 0.15) is 55.9 Å². The van der Waals surface area contributed by atoms with Gasteiger partial charge in [0.2, 0.25) is 5.88 Å². The molecule has 0 fully saturated rings. The number of methoxy groups -OCH3 is 1. The Morgan fingerprint density at radius 1 is 1.18 bits per heavy atom. The minimum Gasteiger partial charge on any atom is -0.479 e. The van der Waals surface area contributed by atoms with Crippen molar-refractivity contribution in [3.63, 3.8) is 0 Å². The maximum Gasteiger partial charge on any atom is 0.243 e. The first-order valence-electron chi connectivity index (χ1n) is 6.17. The summed E-state index contributed by atoms with van der Waals surface area (Å²) in [4.78, 5) is 19.9.